The van der Waals surface area contributed by atoms with Gasteiger partial charge in [0.1, 0.15) is 11.1 Å². The van der Waals surface area contributed by atoms with Crippen LogP contribution < -0.4 is 21.9 Å². The number of aromatic nitrogens is 6. The van der Waals surface area contributed by atoms with E-state index in [1.54, 1.807) is 183 Å². The summed E-state index contributed by atoms with van der Waals surface area (Å²) in [6, 6.07) is 45.4. The molecule has 16 rings (SSSR count). The summed E-state index contributed by atoms with van der Waals surface area (Å²) in [5.74, 6) is -6.33. The number of halogens is 5. The summed E-state index contributed by atoms with van der Waals surface area (Å²) in [4.78, 5) is 160. The number of hydrogen-bond acceptors (Lipinski definition) is 27. The molecule has 0 fully saturated rings. The summed E-state index contributed by atoms with van der Waals surface area (Å²) in [7, 11) is -2.44. The van der Waals surface area contributed by atoms with Crippen molar-refractivity contribution in [3.05, 3.63) is 386 Å². The third-order valence-corrected chi connectivity index (χ3v) is 25.8. The van der Waals surface area contributed by atoms with Gasteiger partial charge >= 0.3 is 11.9 Å². The second kappa shape index (κ2) is 53.5. The van der Waals surface area contributed by atoms with Gasteiger partial charge in [-0.05, 0) is 210 Å². The number of nitro groups is 2. The Bertz CT molecular complexity index is 7000. The molecule has 10 heterocycles. The van der Waals surface area contributed by atoms with Gasteiger partial charge in [0.25, 0.3) is 71.9 Å². The van der Waals surface area contributed by atoms with Gasteiger partial charge in [0.05, 0.1) is 96.4 Å². The van der Waals surface area contributed by atoms with Crippen molar-refractivity contribution in [2.75, 3.05) is 10.5 Å². The van der Waals surface area contributed by atoms with Crippen molar-refractivity contribution in [1.82, 2.24) is 44.6 Å². The first-order valence-electron chi connectivity index (χ1n) is 43.2. The number of nitro benzene ring substituents is 2. The van der Waals surface area contributed by atoms with E-state index in [9.17, 15) is 75.4 Å². The first kappa shape index (κ1) is 129. The normalized spacial score (nSPS) is 12.6. The van der Waals surface area contributed by atoms with Gasteiger partial charge in [0.2, 0.25) is 5.69 Å². The molecule has 0 bridgehead atoms. The van der Waals surface area contributed by atoms with Crippen molar-refractivity contribution in [1.29, 1.82) is 0 Å². The van der Waals surface area contributed by atoms with Crippen molar-refractivity contribution in [2.45, 2.75) is 188 Å². The van der Waals surface area contributed by atoms with Gasteiger partial charge in [0, 0.05) is 158 Å². The first-order valence-corrected chi connectivity index (χ1v) is 48.5. The number of hydrogen-bond donors (Lipinski definition) is 5. The summed E-state index contributed by atoms with van der Waals surface area (Å²) in [5.41, 5.74) is 19.2. The van der Waals surface area contributed by atoms with E-state index in [4.69, 9.17) is 90.8 Å². The number of cyclic esters (lactones) is 2. The molecule has 0 saturated carbocycles. The number of amides is 6. The monoisotopic (exact) mass is 2230 g/mol. The van der Waals surface area contributed by atoms with Crippen LogP contribution in [-0.2, 0) is 104 Å². The minimum atomic E-state index is -4.04. The van der Waals surface area contributed by atoms with Crippen molar-refractivity contribution in [2.24, 2.45) is 11.5 Å². The van der Waals surface area contributed by atoms with E-state index in [0.29, 0.717) is 16.8 Å². The summed E-state index contributed by atoms with van der Waals surface area (Å²) in [6.45, 7) is 43.1. The summed E-state index contributed by atoms with van der Waals surface area (Å²) in [6.07, 6.45) is 19.8. The number of fused-ring (bicyclic) bond motifs is 4. The number of esters is 2. The van der Waals surface area contributed by atoms with Crippen LogP contribution in [0.5, 0.6) is 0 Å². The van der Waals surface area contributed by atoms with Crippen LogP contribution >= 0.6 is 57.1 Å². The van der Waals surface area contributed by atoms with E-state index in [-0.39, 0.29) is 160 Å². The molecule has 6 aromatic carbocycles. The number of sulfonamides is 1. The average molecular weight is 2230 g/mol. The number of rotatable bonds is 14. The molecular weight excluding hydrogens is 2120 g/mol. The number of nitrogens with one attached hydrogen (secondary N) is 1. The molecule has 0 atom stereocenters. The molecule has 35 nitrogen and oxygen atoms in total. The van der Waals surface area contributed by atoms with E-state index < -0.39 is 110 Å². The molecule has 0 aliphatic carbocycles. The maximum atomic E-state index is 13.6. The Balaban J connectivity index is 0.000000447. The number of carboxylic acids is 1. The van der Waals surface area contributed by atoms with E-state index in [1.807, 2.05) is 78.8 Å². The third-order valence-electron chi connectivity index (χ3n) is 21.7. The van der Waals surface area contributed by atoms with Gasteiger partial charge in [-0.25, -0.2) is 31.3 Å². The van der Waals surface area contributed by atoms with Gasteiger partial charge in [-0.2, -0.15) is 6.92 Å². The molecule has 12 aromatic rings. The minimum absolute atomic E-state index is 0. The van der Waals surface area contributed by atoms with Crippen molar-refractivity contribution < 1.29 is 117 Å². The Morgan fingerprint density at radius 2 is 0.689 bits per heavy atom. The van der Waals surface area contributed by atoms with Gasteiger partial charge in [-0.1, -0.05) is 170 Å². The number of ether oxygens (including phenoxy) is 1. The predicted molar refractivity (Wildman–Crippen MR) is 562 cm³/mol. The Morgan fingerprint density at radius 3 is 0.980 bits per heavy atom. The molecule has 2 radical (unpaired) electrons. The number of pyridine rings is 6. The number of carboxylic acid groups (broad SMARTS) is 1. The molecule has 780 valence electrons. The number of benzene rings is 6. The SMILES string of the molecule is C.C.CC(=O)O.CC(C)(C)c1ccc(S(=O)(=O)Cl)cc1.CC(C)(C)c1ccc(S(=O)(=O)Nc2ccc(Cl)c3c2C(=O)N(C(C)(C)c2cccnc2)C3=O)cc1.CC(C)(N)c1cccnc1.CC(C)(N)c1cccnc1.CC(C)(c1cccnc1)N1C(=O)c2c(Cl)ccc([N+](=O)[O-])c2C1=O.CC(C)(c1cccnc1)N1C(=O)c2c(N)ccc(Cl)c2C1=O.O=C1OC(=O)c2c([N+](=O)[O-])ccc(Cl)c21.[C-]#[N+]c1cccnc1.[CH2-]C.[V].[V]. The fourth-order valence-electron chi connectivity index (χ4n) is 14.0. The minimum Gasteiger partial charge on any atom is -0.481 e. The second-order valence-corrected chi connectivity index (χ2v) is 42.0. The number of anilines is 2. The largest absolute Gasteiger partial charge is 0.481 e. The standard InChI is InChI=1S/C26H26ClN3O4S.C16H12ClN3O4.C16H14ClN3O2.C10H13ClO2S.C8H2ClNO5.2C8H12N2.C6H4N2.C2H4O2.C2H5.2CH4.2V/c1-25(2,3)16-8-10-18(11-9-16)35(33,34)29-20-13-12-19(27)21-22(20)24(32)30(23(21)31)26(4,5)17-7-6-14-28-15-17;1-16(2,9-4-3-7-18-8-9)19-14(21)12-10(17)5-6-11(20(23)24)13(12)15(19)22;1-16(2,9-4-3-7-19-8-9)20-14(21)12-10(17)5-6-11(18)13(12)15(20)22;1-10(2,3)8-4-6-9(7-5-8)14(11,12)13;9-3-1-2-4(10(13)14)6-5(3)7(11)15-8(6)12;2*1-8(2,9)7-4-3-5-10-6-7;1-7-6-3-2-4-8-5-6;1-2(3)4;1-2;;;;/h6-15,29H,1-5H3;3-8H,1-2H3;3-8H,18H2,1-2H3;4-7H,1-3H3;1-2H;2*3-6H,9H2,1-2H3;2-5H;1H3,(H,3,4);1H2,2H3;2*1H4;;/q;;;;;;;;;-1;;;;. The molecule has 0 spiro atoms. The van der Waals surface area contributed by atoms with E-state index in [1.165, 1.54) is 71.8 Å². The molecular formula is C104H112Cl5N16O19S2V2-. The van der Waals surface area contributed by atoms with Crippen LogP contribution in [0, 0.1) is 33.7 Å². The molecule has 148 heavy (non-hydrogen) atoms. The van der Waals surface area contributed by atoms with Crippen LogP contribution in [0.15, 0.2) is 254 Å². The van der Waals surface area contributed by atoms with Gasteiger partial charge in [-0.3, -0.25) is 103 Å². The molecule has 0 saturated heterocycles. The zero-order chi connectivity index (χ0) is 108. The molecule has 44 heteroatoms. The predicted octanol–water partition coefficient (Wildman–Crippen LogP) is 22.2. The Hall–Kier alpha value is -13.4. The number of aliphatic carboxylic acids is 1. The average Bonchev–Trinajstić information content (AvgIpc) is 1.58. The van der Waals surface area contributed by atoms with Crippen LogP contribution in [0.1, 0.15) is 261 Å². The van der Waals surface area contributed by atoms with E-state index in [0.717, 1.165) is 56.7 Å². The summed E-state index contributed by atoms with van der Waals surface area (Å²) >= 11 is 24.1. The smallest absolute Gasteiger partial charge is 0.354 e. The molecule has 0 unspecified atom stereocenters. The molecule has 8 N–H and O–H groups in total. The fraction of sp³-hybridized carbons (Fsp3) is 0.260. The van der Waals surface area contributed by atoms with Crippen LogP contribution in [-0.4, -0.2) is 130 Å². The summed E-state index contributed by atoms with van der Waals surface area (Å²) in [5, 5.41) is 29.5. The van der Waals surface area contributed by atoms with Crippen molar-refractivity contribution >= 4 is 158 Å². The number of carbonyl (C=O) groups excluding carboxylic acids is 8. The van der Waals surface area contributed by atoms with Crippen LogP contribution in [0.25, 0.3) is 4.85 Å². The van der Waals surface area contributed by atoms with Gasteiger partial charge < -0.3 is 34.0 Å². The fourth-order valence-corrected chi connectivity index (χ4v) is 16.8. The number of carbonyl (C=O) groups is 9. The number of nitrogens with two attached hydrogens (primary N) is 3. The maximum absolute atomic E-state index is 13.6. The van der Waals surface area contributed by atoms with Gasteiger partial charge in [0.15, 0.2) is 5.56 Å². The molecule has 4 aliphatic rings. The van der Waals surface area contributed by atoms with Crippen LogP contribution in [0.3, 0.4) is 0 Å². The Kier molecular flexibility index (Phi) is 46.5. The zero-order valence-electron chi connectivity index (χ0n) is 82.3. The topological polar surface area (TPSA) is 519 Å². The maximum Gasteiger partial charge on any atom is 0.354 e. The quantitative estimate of drug-likeness (QED) is 0.00986. The number of nitrogen functional groups attached to an aromatic ring is 1. The van der Waals surface area contributed by atoms with Crippen molar-refractivity contribution in [3.8, 4) is 0 Å². The zero-order valence-corrected chi connectivity index (χ0v) is 90.5. The molecule has 6 aromatic heterocycles. The van der Waals surface area contributed by atoms with Crippen molar-refractivity contribution in [3.63, 3.8) is 0 Å². The van der Waals surface area contributed by atoms with Crippen LogP contribution in [0.2, 0.25) is 20.1 Å². The van der Waals surface area contributed by atoms with Crippen LogP contribution in [0.4, 0.5) is 28.4 Å². The Labute approximate surface area is 908 Å². The third kappa shape index (κ3) is 31.6. The number of nitrogens with zero attached hydrogens (tertiary/aromatic N) is 12. The van der Waals surface area contributed by atoms with E-state index >= 15 is 0 Å². The molecule has 4 aliphatic heterocycles. The Morgan fingerprint density at radius 1 is 0.412 bits per heavy atom. The first-order chi connectivity index (χ1) is 67.0. The molecule has 6 amide bonds. The summed E-state index contributed by atoms with van der Waals surface area (Å²) < 4.78 is 55.0. The van der Waals surface area contributed by atoms with Gasteiger partial charge in [-0.15, -0.1) is 0 Å². The van der Waals surface area contributed by atoms with E-state index in [2.05, 4.69) is 71.9 Å². The number of imide groups is 3. The second-order valence-electron chi connectivity index (χ2n) is 36.2.